The van der Waals surface area contributed by atoms with Crippen LogP contribution in [-0.2, 0) is 14.3 Å². The predicted molar refractivity (Wildman–Crippen MR) is 112 cm³/mol. The number of benzene rings is 1. The zero-order chi connectivity index (χ0) is 21.3. The molecule has 2 amide bonds. The van der Waals surface area contributed by atoms with Crippen molar-refractivity contribution in [2.24, 2.45) is 0 Å². The van der Waals surface area contributed by atoms with Gasteiger partial charge >= 0.3 is 11.8 Å². The summed E-state index contributed by atoms with van der Waals surface area (Å²) in [5, 5.41) is 5.37. The van der Waals surface area contributed by atoms with Gasteiger partial charge in [-0.1, -0.05) is 13.3 Å². The lowest BCUT2D eigenvalue weighted by molar-refractivity contribution is -0.136. The van der Waals surface area contributed by atoms with Crippen LogP contribution in [-0.4, -0.2) is 68.8 Å². The summed E-state index contributed by atoms with van der Waals surface area (Å²) >= 11 is 0. The third-order valence-electron chi connectivity index (χ3n) is 4.95. The fourth-order valence-electron chi connectivity index (χ4n) is 3.02. The highest BCUT2D eigenvalue weighted by atomic mass is 16.5. The molecular formula is C21H33N3O5. The van der Waals surface area contributed by atoms with Gasteiger partial charge in [0.15, 0.2) is 0 Å². The quantitative estimate of drug-likeness (QED) is 0.481. The maximum atomic E-state index is 12.4. The molecule has 0 atom stereocenters. The monoisotopic (exact) mass is 407 g/mol. The van der Waals surface area contributed by atoms with Crippen molar-refractivity contribution >= 4 is 17.5 Å². The zero-order valence-electron chi connectivity index (χ0n) is 17.9. The average molecular weight is 408 g/mol. The van der Waals surface area contributed by atoms with Crippen LogP contribution in [0.5, 0.6) is 11.5 Å². The summed E-state index contributed by atoms with van der Waals surface area (Å²) in [5.41, 5.74) is 0.137. The molecule has 0 aliphatic carbocycles. The zero-order valence-corrected chi connectivity index (χ0v) is 17.9. The Balaban J connectivity index is 1.96. The molecule has 1 heterocycles. The third-order valence-corrected chi connectivity index (χ3v) is 4.95. The van der Waals surface area contributed by atoms with Gasteiger partial charge in [0.2, 0.25) is 0 Å². The van der Waals surface area contributed by atoms with Gasteiger partial charge in [0.1, 0.15) is 11.5 Å². The molecule has 1 fully saturated rings. The number of anilines is 1. The van der Waals surface area contributed by atoms with Crippen LogP contribution in [0, 0.1) is 0 Å². The largest absolute Gasteiger partial charge is 0.497 e. The van der Waals surface area contributed by atoms with E-state index in [4.69, 9.17) is 14.2 Å². The second-order valence-corrected chi connectivity index (χ2v) is 7.61. The lowest BCUT2D eigenvalue weighted by Gasteiger charge is -2.40. The molecule has 1 aromatic carbocycles. The summed E-state index contributed by atoms with van der Waals surface area (Å²) in [4.78, 5) is 27.0. The predicted octanol–water partition coefficient (Wildman–Crippen LogP) is 2.04. The number of unbranched alkanes of at least 4 members (excludes halogenated alkanes) is 1. The second-order valence-electron chi connectivity index (χ2n) is 7.61. The van der Waals surface area contributed by atoms with Crippen LogP contribution in [0.1, 0.15) is 33.6 Å². The van der Waals surface area contributed by atoms with Crippen molar-refractivity contribution < 1.29 is 23.8 Å². The summed E-state index contributed by atoms with van der Waals surface area (Å²) in [6, 6.07) is 5.12. The highest BCUT2D eigenvalue weighted by Crippen LogP contribution is 2.29. The maximum absolute atomic E-state index is 12.4. The molecule has 0 bridgehead atoms. The molecule has 1 aliphatic rings. The first kappa shape index (κ1) is 23.0. The Morgan fingerprint density at radius 2 is 1.93 bits per heavy atom. The lowest BCUT2D eigenvalue weighted by atomic mass is 10.0. The van der Waals surface area contributed by atoms with Gasteiger partial charge in [-0.3, -0.25) is 14.5 Å². The molecule has 1 aromatic rings. The molecule has 0 spiro atoms. The van der Waals surface area contributed by atoms with E-state index in [-0.39, 0.29) is 5.54 Å². The van der Waals surface area contributed by atoms with Crippen molar-refractivity contribution in [3.8, 4) is 11.5 Å². The molecule has 0 radical (unpaired) electrons. The summed E-state index contributed by atoms with van der Waals surface area (Å²) in [5.74, 6) is -0.351. The van der Waals surface area contributed by atoms with E-state index in [1.807, 2.05) is 13.8 Å². The summed E-state index contributed by atoms with van der Waals surface area (Å²) in [6.07, 6.45) is 1.90. The van der Waals surface area contributed by atoms with Gasteiger partial charge in [-0.15, -0.1) is 0 Å². The van der Waals surface area contributed by atoms with Crippen molar-refractivity contribution in [3.05, 3.63) is 18.2 Å². The number of carbonyl (C=O) groups is 2. The Morgan fingerprint density at radius 1 is 1.21 bits per heavy atom. The first-order valence-corrected chi connectivity index (χ1v) is 10.1. The first-order chi connectivity index (χ1) is 13.9. The number of hydrogen-bond donors (Lipinski definition) is 2. The maximum Gasteiger partial charge on any atom is 0.313 e. The molecule has 0 saturated carbocycles. The summed E-state index contributed by atoms with van der Waals surface area (Å²) in [7, 11) is 1.54. The van der Waals surface area contributed by atoms with Gasteiger partial charge in [-0.05, 0) is 32.4 Å². The molecule has 29 heavy (non-hydrogen) atoms. The number of hydrogen-bond acceptors (Lipinski definition) is 6. The van der Waals surface area contributed by atoms with Crippen molar-refractivity contribution in [3.63, 3.8) is 0 Å². The molecule has 8 heteroatoms. The van der Waals surface area contributed by atoms with Gasteiger partial charge < -0.3 is 24.8 Å². The number of rotatable bonds is 9. The van der Waals surface area contributed by atoms with Crippen molar-refractivity contribution in [2.45, 2.75) is 39.2 Å². The number of amides is 2. The molecule has 1 saturated heterocycles. The SMILES string of the molecule is CCCCOc1ccc(OC)cc1NC(=O)C(=O)NCC(C)(C)N1CCOCC1. The summed E-state index contributed by atoms with van der Waals surface area (Å²) < 4.78 is 16.3. The van der Waals surface area contributed by atoms with E-state index in [1.165, 1.54) is 0 Å². The van der Waals surface area contributed by atoms with Crippen molar-refractivity contribution in [1.29, 1.82) is 0 Å². The van der Waals surface area contributed by atoms with E-state index < -0.39 is 11.8 Å². The molecule has 2 N–H and O–H groups in total. The second kappa shape index (κ2) is 11.0. The Morgan fingerprint density at radius 3 is 2.59 bits per heavy atom. The molecular weight excluding hydrogens is 374 g/mol. The van der Waals surface area contributed by atoms with Gasteiger partial charge in [0.25, 0.3) is 0 Å². The van der Waals surface area contributed by atoms with Crippen molar-refractivity contribution in [1.82, 2.24) is 10.2 Å². The van der Waals surface area contributed by atoms with Crippen LogP contribution in [0.25, 0.3) is 0 Å². The van der Waals surface area contributed by atoms with Crippen LogP contribution >= 0.6 is 0 Å². The van der Waals surface area contributed by atoms with Crippen LogP contribution in [0.3, 0.4) is 0 Å². The van der Waals surface area contributed by atoms with Crippen molar-refractivity contribution in [2.75, 3.05) is 51.9 Å². The Kier molecular flexibility index (Phi) is 8.72. The molecule has 162 valence electrons. The summed E-state index contributed by atoms with van der Waals surface area (Å²) in [6.45, 7) is 10.00. The smallest absolute Gasteiger partial charge is 0.313 e. The highest BCUT2D eigenvalue weighted by molar-refractivity contribution is 6.39. The normalized spacial score (nSPS) is 14.9. The van der Waals surface area contributed by atoms with Crippen LogP contribution in [0.4, 0.5) is 5.69 Å². The number of nitrogens with zero attached hydrogens (tertiary/aromatic N) is 1. The lowest BCUT2D eigenvalue weighted by Crippen LogP contribution is -2.56. The fourth-order valence-corrected chi connectivity index (χ4v) is 3.02. The molecule has 1 aliphatic heterocycles. The Labute approximate surface area is 172 Å². The first-order valence-electron chi connectivity index (χ1n) is 10.1. The van der Waals surface area contributed by atoms with E-state index in [9.17, 15) is 9.59 Å². The minimum atomic E-state index is -0.739. The fraction of sp³-hybridized carbons (Fsp3) is 0.619. The molecule has 2 rings (SSSR count). The standard InChI is InChI=1S/C21H33N3O5/c1-5-6-11-29-18-8-7-16(27-4)14-17(18)23-20(26)19(25)22-15-21(2,3)24-9-12-28-13-10-24/h7-8,14H,5-6,9-13,15H2,1-4H3,(H,22,25)(H,23,26). The van der Waals surface area contributed by atoms with E-state index in [0.29, 0.717) is 43.6 Å². The third kappa shape index (κ3) is 6.90. The van der Waals surface area contributed by atoms with Gasteiger partial charge in [-0.25, -0.2) is 0 Å². The number of nitrogens with one attached hydrogen (secondary N) is 2. The van der Waals surface area contributed by atoms with Crippen LogP contribution in [0.15, 0.2) is 18.2 Å². The average Bonchev–Trinajstić information content (AvgIpc) is 2.73. The molecule has 0 unspecified atom stereocenters. The van der Waals surface area contributed by atoms with Gasteiger partial charge in [-0.2, -0.15) is 0 Å². The van der Waals surface area contributed by atoms with E-state index >= 15 is 0 Å². The van der Waals surface area contributed by atoms with E-state index in [1.54, 1.807) is 25.3 Å². The number of ether oxygens (including phenoxy) is 3. The number of methoxy groups -OCH3 is 1. The molecule has 8 nitrogen and oxygen atoms in total. The van der Waals surface area contributed by atoms with Crippen LogP contribution in [0.2, 0.25) is 0 Å². The Hall–Kier alpha value is -2.32. The minimum absolute atomic E-state index is 0.274. The van der Waals surface area contributed by atoms with Gasteiger partial charge in [0, 0.05) is 31.2 Å². The van der Waals surface area contributed by atoms with E-state index in [0.717, 1.165) is 25.9 Å². The number of morpholine rings is 1. The van der Waals surface area contributed by atoms with Crippen LogP contribution < -0.4 is 20.1 Å². The number of carbonyl (C=O) groups excluding carboxylic acids is 2. The van der Waals surface area contributed by atoms with E-state index in [2.05, 4.69) is 22.5 Å². The Bertz CT molecular complexity index is 687. The topological polar surface area (TPSA) is 89.1 Å². The highest BCUT2D eigenvalue weighted by Gasteiger charge is 2.29. The minimum Gasteiger partial charge on any atom is -0.497 e. The molecule has 0 aromatic heterocycles. The van der Waals surface area contributed by atoms with Gasteiger partial charge in [0.05, 0.1) is 32.6 Å².